The average Bonchev–Trinajstić information content (AvgIpc) is 2.77. The molecule has 0 atom stereocenters. The summed E-state index contributed by atoms with van der Waals surface area (Å²) in [7, 11) is 0. The van der Waals surface area contributed by atoms with Gasteiger partial charge in [0.25, 0.3) is 0 Å². The summed E-state index contributed by atoms with van der Waals surface area (Å²) < 4.78 is 5.10. The van der Waals surface area contributed by atoms with Crippen LogP contribution in [-0.2, 0) is 13.1 Å². The molecule has 0 aliphatic rings. The normalized spacial score (nSPS) is 10.6. The Morgan fingerprint density at radius 2 is 2.21 bits per heavy atom. The Morgan fingerprint density at radius 3 is 2.86 bits per heavy atom. The fraction of sp³-hybridized carbons (Fsp3) is 0.333. The third kappa shape index (κ3) is 2.57. The molecular weight excluding hydrogens is 291 g/mol. The maximum atomic E-state index is 4.31. The molecule has 2 aromatic rings. The van der Waals surface area contributed by atoms with Gasteiger partial charge in [0.15, 0.2) is 0 Å². The van der Waals surface area contributed by atoms with Crippen molar-refractivity contribution < 1.29 is 0 Å². The smallest absolute Gasteiger partial charge is 0.123 e. The number of nitrogens with zero attached hydrogens (tertiary/aromatic N) is 4. The molecule has 2 rings (SSSR count). The maximum Gasteiger partial charge on any atom is 0.123 e. The summed E-state index contributed by atoms with van der Waals surface area (Å²) in [6, 6.07) is 2.01. The van der Waals surface area contributed by atoms with Gasteiger partial charge in [0.2, 0.25) is 0 Å². The van der Waals surface area contributed by atoms with Crippen LogP contribution in [0.5, 0.6) is 0 Å². The first-order chi connectivity index (χ1) is 6.84. The van der Waals surface area contributed by atoms with Crippen molar-refractivity contribution in [2.45, 2.75) is 19.5 Å². The molecule has 0 N–H and O–H groups in total. The molecule has 5 heteroatoms. The minimum atomic E-state index is 0.960. The van der Waals surface area contributed by atoms with E-state index in [-0.39, 0.29) is 0 Å². The largest absolute Gasteiger partial charge is 0.337 e. The van der Waals surface area contributed by atoms with Crippen LogP contribution in [0.4, 0.5) is 0 Å². The van der Waals surface area contributed by atoms with Crippen LogP contribution < -0.4 is 0 Å². The zero-order chi connectivity index (χ0) is 9.80. The van der Waals surface area contributed by atoms with Gasteiger partial charge in [-0.3, -0.25) is 4.68 Å². The van der Waals surface area contributed by atoms with Gasteiger partial charge in [-0.25, -0.2) is 4.98 Å². The minimum absolute atomic E-state index is 0.960. The lowest BCUT2D eigenvalue weighted by Crippen LogP contribution is -2.03. The van der Waals surface area contributed by atoms with Crippen LogP contribution in [0.15, 0.2) is 31.0 Å². The zero-order valence-corrected chi connectivity index (χ0v) is 9.83. The van der Waals surface area contributed by atoms with E-state index in [0.29, 0.717) is 0 Å². The van der Waals surface area contributed by atoms with Gasteiger partial charge < -0.3 is 4.57 Å². The number of aryl methyl sites for hydroxylation is 2. The Hall–Kier alpha value is -0.850. The molecule has 2 aromatic heterocycles. The Bertz CT molecular complexity index is 379. The van der Waals surface area contributed by atoms with Gasteiger partial charge in [-0.2, -0.15) is 5.10 Å². The lowest BCUT2D eigenvalue weighted by molar-refractivity contribution is 0.525. The number of hydrogen-bond acceptors (Lipinski definition) is 2. The monoisotopic (exact) mass is 302 g/mol. The molecule has 0 aliphatic heterocycles. The van der Waals surface area contributed by atoms with Gasteiger partial charge in [-0.15, -0.1) is 0 Å². The molecule has 0 bridgehead atoms. The average molecular weight is 302 g/mol. The van der Waals surface area contributed by atoms with Crippen LogP contribution in [0.25, 0.3) is 0 Å². The van der Waals surface area contributed by atoms with Gasteiger partial charge in [-0.1, -0.05) is 0 Å². The van der Waals surface area contributed by atoms with Crippen molar-refractivity contribution in [2.24, 2.45) is 0 Å². The van der Waals surface area contributed by atoms with Crippen molar-refractivity contribution in [3.8, 4) is 0 Å². The number of hydrogen-bond donors (Lipinski definition) is 0. The number of aromatic nitrogens is 4. The van der Waals surface area contributed by atoms with Crippen molar-refractivity contribution in [1.82, 2.24) is 19.3 Å². The Morgan fingerprint density at radius 1 is 1.29 bits per heavy atom. The molecule has 0 aliphatic carbocycles. The van der Waals surface area contributed by atoms with Crippen LogP contribution >= 0.6 is 22.6 Å². The molecule has 74 valence electrons. The predicted molar refractivity (Wildman–Crippen MR) is 61.8 cm³/mol. The lowest BCUT2D eigenvalue weighted by Gasteiger charge is -2.02. The van der Waals surface area contributed by atoms with Crippen molar-refractivity contribution in [3.63, 3.8) is 0 Å². The quantitative estimate of drug-likeness (QED) is 0.807. The van der Waals surface area contributed by atoms with E-state index in [1.165, 1.54) is 0 Å². The first-order valence-corrected chi connectivity index (χ1v) is 5.57. The number of rotatable bonds is 4. The summed E-state index contributed by atoms with van der Waals surface area (Å²) in [6.07, 6.45) is 8.71. The van der Waals surface area contributed by atoms with E-state index >= 15 is 0 Å². The summed E-state index contributed by atoms with van der Waals surface area (Å²) in [5.41, 5.74) is 0. The highest BCUT2D eigenvalue weighted by Gasteiger charge is 1.95. The van der Waals surface area contributed by atoms with Crippen molar-refractivity contribution in [3.05, 3.63) is 34.7 Å². The van der Waals surface area contributed by atoms with Crippen LogP contribution in [0.1, 0.15) is 6.42 Å². The maximum absolute atomic E-state index is 4.31. The third-order valence-electron chi connectivity index (χ3n) is 1.97. The molecule has 0 saturated carbocycles. The van der Waals surface area contributed by atoms with E-state index in [2.05, 4.69) is 37.2 Å². The summed E-state index contributed by atoms with van der Waals surface area (Å²) >= 11 is 2.22. The second-order valence-electron chi connectivity index (χ2n) is 3.06. The third-order valence-corrected chi connectivity index (χ3v) is 2.55. The Labute approximate surface area is 96.1 Å². The van der Waals surface area contributed by atoms with Gasteiger partial charge in [0.1, 0.15) is 3.70 Å². The van der Waals surface area contributed by atoms with Gasteiger partial charge >= 0.3 is 0 Å². The predicted octanol–water partition coefficient (Wildman–Crippen LogP) is 1.77. The van der Waals surface area contributed by atoms with Gasteiger partial charge in [0, 0.05) is 31.7 Å². The Kier molecular flexibility index (Phi) is 3.18. The first-order valence-electron chi connectivity index (χ1n) is 4.49. The van der Waals surface area contributed by atoms with Crippen LogP contribution in [-0.4, -0.2) is 19.3 Å². The molecule has 0 radical (unpaired) electrons. The highest BCUT2D eigenvalue weighted by Crippen LogP contribution is 2.00. The fourth-order valence-corrected chi connectivity index (χ4v) is 1.73. The second-order valence-corrected chi connectivity index (χ2v) is 4.16. The molecule has 14 heavy (non-hydrogen) atoms. The van der Waals surface area contributed by atoms with Gasteiger partial charge in [-0.05, 0) is 35.1 Å². The van der Waals surface area contributed by atoms with Crippen molar-refractivity contribution >= 4 is 22.6 Å². The van der Waals surface area contributed by atoms with Crippen LogP contribution in [0.2, 0.25) is 0 Å². The Balaban J connectivity index is 1.78. The van der Waals surface area contributed by atoms with E-state index in [4.69, 9.17) is 0 Å². The highest BCUT2D eigenvalue weighted by molar-refractivity contribution is 14.1. The second kappa shape index (κ2) is 4.59. The molecule has 0 unspecified atom stereocenters. The minimum Gasteiger partial charge on any atom is -0.337 e. The number of imidazole rings is 1. The van der Waals surface area contributed by atoms with E-state index in [0.717, 1.165) is 23.2 Å². The molecule has 0 spiro atoms. The zero-order valence-electron chi connectivity index (χ0n) is 7.67. The molecule has 0 fully saturated rings. The standard InChI is InChI=1S/C9H11IN4/c10-9-2-6-14(12-9)5-1-4-13-7-3-11-8-13/h2-3,6-8H,1,4-5H2. The van der Waals surface area contributed by atoms with Crippen LogP contribution in [0, 0.1) is 3.70 Å². The highest BCUT2D eigenvalue weighted by atomic mass is 127. The summed E-state index contributed by atoms with van der Waals surface area (Å²) in [6.45, 7) is 1.96. The summed E-state index contributed by atoms with van der Waals surface area (Å²) in [5, 5.41) is 4.31. The van der Waals surface area contributed by atoms with Gasteiger partial charge in [0.05, 0.1) is 6.33 Å². The number of halogens is 1. The van der Waals surface area contributed by atoms with Crippen LogP contribution in [0.3, 0.4) is 0 Å². The molecular formula is C9H11IN4. The molecule has 2 heterocycles. The van der Waals surface area contributed by atoms with E-state index in [9.17, 15) is 0 Å². The topological polar surface area (TPSA) is 35.6 Å². The summed E-state index contributed by atoms with van der Waals surface area (Å²) in [4.78, 5) is 3.99. The molecule has 0 aromatic carbocycles. The van der Waals surface area contributed by atoms with Crippen molar-refractivity contribution in [1.29, 1.82) is 0 Å². The van der Waals surface area contributed by atoms with Crippen molar-refractivity contribution in [2.75, 3.05) is 0 Å². The fourth-order valence-electron chi connectivity index (χ4n) is 1.30. The van der Waals surface area contributed by atoms with E-state index in [1.54, 1.807) is 6.20 Å². The molecule has 0 amide bonds. The summed E-state index contributed by atoms with van der Waals surface area (Å²) in [5.74, 6) is 0. The molecule has 4 nitrogen and oxygen atoms in total. The first kappa shape index (κ1) is 9.70. The van der Waals surface area contributed by atoms with E-state index in [1.807, 2.05) is 29.5 Å². The lowest BCUT2D eigenvalue weighted by atomic mass is 10.4. The molecule has 0 saturated heterocycles. The van der Waals surface area contributed by atoms with E-state index < -0.39 is 0 Å². The SMILES string of the molecule is Ic1ccn(CCCn2ccnc2)n1.